The highest BCUT2D eigenvalue weighted by atomic mass is 79.9. The lowest BCUT2D eigenvalue weighted by Crippen LogP contribution is -1.92. The minimum absolute atomic E-state index is 0.195. The van der Waals surface area contributed by atoms with Crippen LogP contribution in [0.5, 0.6) is 5.75 Å². The van der Waals surface area contributed by atoms with Crippen LogP contribution in [-0.2, 0) is 0 Å². The van der Waals surface area contributed by atoms with E-state index in [4.69, 9.17) is 14.9 Å². The number of rotatable bonds is 3. The van der Waals surface area contributed by atoms with E-state index in [-0.39, 0.29) is 11.9 Å². The predicted octanol–water partition coefficient (Wildman–Crippen LogP) is 3.82. The Bertz CT molecular complexity index is 564. The zero-order valence-electron chi connectivity index (χ0n) is 10.5. The lowest BCUT2D eigenvalue weighted by molar-refractivity contribution is 0.412. The summed E-state index contributed by atoms with van der Waals surface area (Å²) < 4.78 is 11.6. The van der Waals surface area contributed by atoms with E-state index in [1.165, 1.54) is 0 Å². The number of benzene rings is 1. The molecule has 0 radical (unpaired) electrons. The quantitative estimate of drug-likeness (QED) is 0.936. The number of nitrogen functional groups attached to an aromatic ring is 1. The molecule has 0 fully saturated rings. The molecule has 0 aliphatic rings. The predicted molar refractivity (Wildman–Crippen MR) is 74.7 cm³/mol. The third kappa shape index (κ3) is 2.36. The van der Waals surface area contributed by atoms with Gasteiger partial charge in [0.05, 0.1) is 17.3 Å². The van der Waals surface area contributed by atoms with Gasteiger partial charge < -0.3 is 14.9 Å². The van der Waals surface area contributed by atoms with Crippen LogP contribution in [0.15, 0.2) is 27.1 Å². The Hall–Kier alpha value is -1.49. The summed E-state index contributed by atoms with van der Waals surface area (Å²) in [6.07, 6.45) is 0. The van der Waals surface area contributed by atoms with Crippen molar-refractivity contribution in [3.63, 3.8) is 0 Å². The Labute approximate surface area is 114 Å². The first kappa shape index (κ1) is 13.0. The van der Waals surface area contributed by atoms with Crippen molar-refractivity contribution in [2.75, 3.05) is 12.8 Å². The normalized spacial score (nSPS) is 10.9. The lowest BCUT2D eigenvalue weighted by atomic mass is 10.0. The molecule has 0 saturated carbocycles. The number of halogens is 1. The summed E-state index contributed by atoms with van der Waals surface area (Å²) in [6, 6.07) is 5.93. The van der Waals surface area contributed by atoms with E-state index >= 15 is 0 Å². The lowest BCUT2D eigenvalue weighted by Gasteiger charge is -2.07. The fourth-order valence-electron chi connectivity index (χ4n) is 1.75. The first-order chi connectivity index (χ1) is 8.52. The van der Waals surface area contributed by atoms with Crippen LogP contribution in [0.1, 0.15) is 25.5 Å². The molecule has 0 amide bonds. The van der Waals surface area contributed by atoms with Gasteiger partial charge in [-0.3, -0.25) is 0 Å². The van der Waals surface area contributed by atoms with Crippen molar-refractivity contribution in [2.45, 2.75) is 19.8 Å². The van der Waals surface area contributed by atoms with Gasteiger partial charge in [-0.1, -0.05) is 13.8 Å². The maximum absolute atomic E-state index is 5.63. The van der Waals surface area contributed by atoms with E-state index in [0.717, 1.165) is 21.5 Å². The first-order valence-corrected chi connectivity index (χ1v) is 6.42. The molecule has 2 aromatic rings. The van der Waals surface area contributed by atoms with Crippen molar-refractivity contribution >= 4 is 21.9 Å². The Morgan fingerprint density at radius 1 is 1.39 bits per heavy atom. The van der Waals surface area contributed by atoms with Gasteiger partial charge in [0.15, 0.2) is 5.76 Å². The van der Waals surface area contributed by atoms with E-state index in [1.54, 1.807) is 7.11 Å². The van der Waals surface area contributed by atoms with Crippen LogP contribution in [-0.4, -0.2) is 12.1 Å². The molecular weight excluding hydrogens is 296 g/mol. The van der Waals surface area contributed by atoms with E-state index < -0.39 is 0 Å². The second kappa shape index (κ2) is 5.02. The SMILES string of the molecule is COc1ccc(-c2oc(N)nc2C(C)C)cc1Br. The van der Waals surface area contributed by atoms with Gasteiger partial charge in [0.2, 0.25) is 0 Å². The fourth-order valence-corrected chi connectivity index (χ4v) is 2.30. The standard InChI is InChI=1S/C13H15BrN2O2/c1-7(2)11-12(18-13(15)16-11)8-4-5-10(17-3)9(14)6-8/h4-7H,1-3H3,(H2,15,16). The molecule has 0 saturated heterocycles. The van der Waals surface area contributed by atoms with Crippen LogP contribution < -0.4 is 10.5 Å². The second-order valence-corrected chi connectivity index (χ2v) is 5.12. The molecule has 1 aromatic carbocycles. The maximum Gasteiger partial charge on any atom is 0.292 e. The van der Waals surface area contributed by atoms with Gasteiger partial charge in [-0.15, -0.1) is 0 Å². The third-order valence-electron chi connectivity index (χ3n) is 2.63. The summed E-state index contributed by atoms with van der Waals surface area (Å²) in [5, 5.41) is 0. The second-order valence-electron chi connectivity index (χ2n) is 4.27. The fraction of sp³-hybridized carbons (Fsp3) is 0.308. The van der Waals surface area contributed by atoms with Crippen LogP contribution in [0.2, 0.25) is 0 Å². The number of nitrogens with two attached hydrogens (primary N) is 1. The minimum Gasteiger partial charge on any atom is -0.496 e. The van der Waals surface area contributed by atoms with Crippen molar-refractivity contribution in [3.05, 3.63) is 28.4 Å². The van der Waals surface area contributed by atoms with E-state index in [0.29, 0.717) is 5.76 Å². The molecule has 0 unspecified atom stereocenters. The smallest absolute Gasteiger partial charge is 0.292 e. The Kier molecular flexibility index (Phi) is 3.61. The Balaban J connectivity index is 2.51. The molecule has 5 heteroatoms. The summed E-state index contributed by atoms with van der Waals surface area (Å²) >= 11 is 3.45. The van der Waals surface area contributed by atoms with Crippen molar-refractivity contribution in [1.82, 2.24) is 4.98 Å². The number of aromatic nitrogens is 1. The largest absolute Gasteiger partial charge is 0.496 e. The number of oxazole rings is 1. The zero-order chi connectivity index (χ0) is 13.3. The summed E-state index contributed by atoms with van der Waals surface area (Å²) in [7, 11) is 1.63. The van der Waals surface area contributed by atoms with Crippen molar-refractivity contribution in [1.29, 1.82) is 0 Å². The molecule has 2 N–H and O–H groups in total. The van der Waals surface area contributed by atoms with Crippen LogP contribution in [0.4, 0.5) is 6.01 Å². The Morgan fingerprint density at radius 3 is 2.67 bits per heavy atom. The van der Waals surface area contributed by atoms with Crippen LogP contribution in [0.3, 0.4) is 0 Å². The molecule has 0 aliphatic heterocycles. The number of anilines is 1. The highest BCUT2D eigenvalue weighted by Gasteiger charge is 2.17. The topological polar surface area (TPSA) is 61.3 Å². The monoisotopic (exact) mass is 310 g/mol. The highest BCUT2D eigenvalue weighted by molar-refractivity contribution is 9.10. The molecular formula is C13H15BrN2O2. The summed E-state index contributed by atoms with van der Waals surface area (Å²) in [5.74, 6) is 1.74. The van der Waals surface area contributed by atoms with Crippen LogP contribution in [0, 0.1) is 0 Å². The molecule has 2 rings (SSSR count). The molecule has 1 aromatic heterocycles. The zero-order valence-corrected chi connectivity index (χ0v) is 12.1. The van der Waals surface area contributed by atoms with Gasteiger partial charge in [0, 0.05) is 5.56 Å². The van der Waals surface area contributed by atoms with E-state index in [1.807, 2.05) is 18.2 Å². The minimum atomic E-state index is 0.195. The molecule has 0 spiro atoms. The highest BCUT2D eigenvalue weighted by Crippen LogP contribution is 2.35. The van der Waals surface area contributed by atoms with Gasteiger partial charge >= 0.3 is 0 Å². The molecule has 96 valence electrons. The summed E-state index contributed by atoms with van der Waals surface area (Å²) in [4.78, 5) is 4.22. The van der Waals surface area contributed by atoms with E-state index in [2.05, 4.69) is 34.8 Å². The number of hydrogen-bond acceptors (Lipinski definition) is 4. The van der Waals surface area contributed by atoms with Crippen molar-refractivity contribution in [2.24, 2.45) is 0 Å². The van der Waals surface area contributed by atoms with E-state index in [9.17, 15) is 0 Å². The number of methoxy groups -OCH3 is 1. The third-order valence-corrected chi connectivity index (χ3v) is 3.25. The van der Waals surface area contributed by atoms with Gasteiger partial charge in [-0.25, -0.2) is 0 Å². The molecule has 0 atom stereocenters. The summed E-state index contributed by atoms with van der Waals surface area (Å²) in [5.41, 5.74) is 7.43. The molecule has 18 heavy (non-hydrogen) atoms. The van der Waals surface area contributed by atoms with Crippen LogP contribution >= 0.6 is 15.9 Å². The average Bonchev–Trinajstić information content (AvgIpc) is 2.71. The number of ether oxygens (including phenoxy) is 1. The van der Waals surface area contributed by atoms with Gasteiger partial charge in [0.1, 0.15) is 5.75 Å². The van der Waals surface area contributed by atoms with Gasteiger partial charge in [-0.2, -0.15) is 4.98 Å². The molecule has 0 bridgehead atoms. The number of hydrogen-bond donors (Lipinski definition) is 1. The Morgan fingerprint density at radius 2 is 2.11 bits per heavy atom. The van der Waals surface area contributed by atoms with Gasteiger partial charge in [0.25, 0.3) is 6.01 Å². The maximum atomic E-state index is 5.63. The number of nitrogens with zero attached hydrogens (tertiary/aromatic N) is 1. The van der Waals surface area contributed by atoms with Crippen molar-refractivity contribution in [3.8, 4) is 17.1 Å². The van der Waals surface area contributed by atoms with Crippen molar-refractivity contribution < 1.29 is 9.15 Å². The molecule has 1 heterocycles. The first-order valence-electron chi connectivity index (χ1n) is 5.63. The average molecular weight is 311 g/mol. The molecule has 0 aliphatic carbocycles. The van der Waals surface area contributed by atoms with Gasteiger partial charge in [-0.05, 0) is 40.0 Å². The van der Waals surface area contributed by atoms with Crippen LogP contribution in [0.25, 0.3) is 11.3 Å². The molecule has 4 nitrogen and oxygen atoms in total. The summed E-state index contributed by atoms with van der Waals surface area (Å²) in [6.45, 7) is 4.11.